The standard InChI is InChI=1S/C16H15FN2O/c1-19-10-12-3-2-4-16(7-12)20-11-14-8-15(17)6-5-13(14)9-18/h2-8,19H,10-11H2,1H3. The highest BCUT2D eigenvalue weighted by Gasteiger charge is 2.05. The van der Waals surface area contributed by atoms with Crippen LogP contribution in [0, 0.1) is 17.1 Å². The van der Waals surface area contributed by atoms with Crippen LogP contribution in [0.5, 0.6) is 5.75 Å². The van der Waals surface area contributed by atoms with E-state index < -0.39 is 0 Å². The Morgan fingerprint density at radius 2 is 2.10 bits per heavy atom. The van der Waals surface area contributed by atoms with Crippen LogP contribution in [0.3, 0.4) is 0 Å². The van der Waals surface area contributed by atoms with Crippen LogP contribution < -0.4 is 10.1 Å². The lowest BCUT2D eigenvalue weighted by atomic mass is 10.1. The highest BCUT2D eigenvalue weighted by atomic mass is 19.1. The molecule has 0 aromatic heterocycles. The quantitative estimate of drug-likeness (QED) is 0.908. The fourth-order valence-electron chi connectivity index (χ4n) is 1.90. The number of nitriles is 1. The van der Waals surface area contributed by atoms with E-state index in [1.807, 2.05) is 37.4 Å². The number of halogens is 1. The van der Waals surface area contributed by atoms with E-state index in [1.165, 1.54) is 18.2 Å². The molecule has 3 nitrogen and oxygen atoms in total. The molecule has 2 aromatic carbocycles. The molecule has 0 saturated carbocycles. The van der Waals surface area contributed by atoms with Gasteiger partial charge in [0, 0.05) is 12.1 Å². The van der Waals surface area contributed by atoms with Gasteiger partial charge in [-0.15, -0.1) is 0 Å². The number of benzene rings is 2. The lowest BCUT2D eigenvalue weighted by Gasteiger charge is -2.09. The molecular formula is C16H15FN2O. The number of hydrogen-bond acceptors (Lipinski definition) is 3. The maximum Gasteiger partial charge on any atom is 0.123 e. The van der Waals surface area contributed by atoms with E-state index in [4.69, 9.17) is 10.00 Å². The van der Waals surface area contributed by atoms with Crippen molar-refractivity contribution >= 4 is 0 Å². The predicted octanol–water partition coefficient (Wildman–Crippen LogP) is 3.00. The summed E-state index contributed by atoms with van der Waals surface area (Å²) in [4.78, 5) is 0. The molecule has 0 aliphatic carbocycles. The van der Waals surface area contributed by atoms with Gasteiger partial charge >= 0.3 is 0 Å². The van der Waals surface area contributed by atoms with Crippen LogP contribution in [0.25, 0.3) is 0 Å². The first-order valence-corrected chi connectivity index (χ1v) is 6.28. The van der Waals surface area contributed by atoms with E-state index >= 15 is 0 Å². The molecular weight excluding hydrogens is 255 g/mol. The Hall–Kier alpha value is -2.38. The first kappa shape index (κ1) is 14.0. The fourth-order valence-corrected chi connectivity index (χ4v) is 1.90. The number of nitrogens with zero attached hydrogens (tertiary/aromatic N) is 1. The van der Waals surface area contributed by atoms with Crippen LogP contribution in [0.1, 0.15) is 16.7 Å². The third-order valence-corrected chi connectivity index (χ3v) is 2.86. The van der Waals surface area contributed by atoms with Gasteiger partial charge < -0.3 is 10.1 Å². The van der Waals surface area contributed by atoms with Crippen LogP contribution in [0.4, 0.5) is 4.39 Å². The highest BCUT2D eigenvalue weighted by Crippen LogP contribution is 2.17. The van der Waals surface area contributed by atoms with E-state index in [0.29, 0.717) is 16.9 Å². The van der Waals surface area contributed by atoms with E-state index in [-0.39, 0.29) is 12.4 Å². The predicted molar refractivity (Wildman–Crippen MR) is 74.7 cm³/mol. The summed E-state index contributed by atoms with van der Waals surface area (Å²) in [7, 11) is 1.87. The van der Waals surface area contributed by atoms with E-state index in [2.05, 4.69) is 5.32 Å². The number of ether oxygens (including phenoxy) is 1. The Bertz CT molecular complexity index is 635. The largest absolute Gasteiger partial charge is 0.489 e. The maximum absolute atomic E-state index is 13.2. The smallest absolute Gasteiger partial charge is 0.123 e. The molecule has 0 amide bonds. The summed E-state index contributed by atoms with van der Waals surface area (Å²) in [5, 5.41) is 12.0. The van der Waals surface area contributed by atoms with Crippen molar-refractivity contribution in [3.8, 4) is 11.8 Å². The van der Waals surface area contributed by atoms with Gasteiger partial charge in [0.05, 0.1) is 11.6 Å². The van der Waals surface area contributed by atoms with Gasteiger partial charge in [-0.2, -0.15) is 5.26 Å². The maximum atomic E-state index is 13.2. The van der Waals surface area contributed by atoms with Crippen molar-refractivity contribution < 1.29 is 9.13 Å². The molecule has 0 heterocycles. The van der Waals surface area contributed by atoms with Crippen molar-refractivity contribution in [1.29, 1.82) is 5.26 Å². The zero-order valence-corrected chi connectivity index (χ0v) is 11.2. The van der Waals surface area contributed by atoms with Crippen LogP contribution >= 0.6 is 0 Å². The molecule has 0 radical (unpaired) electrons. The Kier molecular flexibility index (Phi) is 4.70. The minimum Gasteiger partial charge on any atom is -0.489 e. The van der Waals surface area contributed by atoms with Crippen molar-refractivity contribution in [3.63, 3.8) is 0 Å². The Morgan fingerprint density at radius 1 is 1.25 bits per heavy atom. The number of nitrogens with one attached hydrogen (secondary N) is 1. The zero-order valence-electron chi connectivity index (χ0n) is 11.2. The molecule has 102 valence electrons. The summed E-state index contributed by atoms with van der Waals surface area (Å²) in [6, 6.07) is 13.8. The molecule has 0 atom stereocenters. The molecule has 0 bridgehead atoms. The molecule has 2 aromatic rings. The van der Waals surface area contributed by atoms with Crippen LogP contribution in [0.15, 0.2) is 42.5 Å². The average Bonchev–Trinajstić information content (AvgIpc) is 2.46. The zero-order chi connectivity index (χ0) is 14.4. The van der Waals surface area contributed by atoms with Gasteiger partial charge in [0.25, 0.3) is 0 Å². The number of rotatable bonds is 5. The minimum atomic E-state index is -0.369. The van der Waals surface area contributed by atoms with Crippen molar-refractivity contribution in [2.24, 2.45) is 0 Å². The van der Waals surface area contributed by atoms with Gasteiger partial charge in [-0.1, -0.05) is 12.1 Å². The van der Waals surface area contributed by atoms with Gasteiger partial charge in [-0.3, -0.25) is 0 Å². The second kappa shape index (κ2) is 6.69. The summed E-state index contributed by atoms with van der Waals surface area (Å²) in [6.45, 7) is 0.921. The van der Waals surface area contributed by atoms with Crippen molar-refractivity contribution in [3.05, 3.63) is 65.0 Å². The van der Waals surface area contributed by atoms with Crippen molar-refractivity contribution in [2.75, 3.05) is 7.05 Å². The van der Waals surface area contributed by atoms with Gasteiger partial charge in [-0.05, 0) is 42.9 Å². The number of hydrogen-bond donors (Lipinski definition) is 1. The van der Waals surface area contributed by atoms with Gasteiger partial charge in [0.15, 0.2) is 0 Å². The average molecular weight is 270 g/mol. The fraction of sp³-hybridized carbons (Fsp3) is 0.188. The van der Waals surface area contributed by atoms with Gasteiger partial charge in [-0.25, -0.2) is 4.39 Å². The molecule has 0 aliphatic rings. The van der Waals surface area contributed by atoms with Crippen LogP contribution in [0.2, 0.25) is 0 Å². The summed E-state index contributed by atoms with van der Waals surface area (Å²) in [5.41, 5.74) is 2.08. The molecule has 2 rings (SSSR count). The summed E-state index contributed by atoms with van der Waals surface area (Å²) >= 11 is 0. The molecule has 0 saturated heterocycles. The Balaban J connectivity index is 2.11. The molecule has 20 heavy (non-hydrogen) atoms. The monoisotopic (exact) mass is 270 g/mol. The molecule has 0 unspecified atom stereocenters. The van der Waals surface area contributed by atoms with E-state index in [9.17, 15) is 4.39 Å². The van der Waals surface area contributed by atoms with E-state index in [1.54, 1.807) is 0 Å². The summed E-state index contributed by atoms with van der Waals surface area (Å²) in [6.07, 6.45) is 0. The van der Waals surface area contributed by atoms with Crippen LogP contribution in [-0.2, 0) is 13.2 Å². The molecule has 1 N–H and O–H groups in total. The lowest BCUT2D eigenvalue weighted by Crippen LogP contribution is -2.05. The molecule has 0 aliphatic heterocycles. The second-order valence-electron chi connectivity index (χ2n) is 4.38. The van der Waals surface area contributed by atoms with Crippen molar-refractivity contribution in [1.82, 2.24) is 5.32 Å². The highest BCUT2D eigenvalue weighted by molar-refractivity contribution is 5.38. The summed E-state index contributed by atoms with van der Waals surface area (Å²) < 4.78 is 18.8. The third kappa shape index (κ3) is 3.56. The minimum absolute atomic E-state index is 0.170. The van der Waals surface area contributed by atoms with Crippen molar-refractivity contribution in [2.45, 2.75) is 13.2 Å². The Labute approximate surface area is 117 Å². The van der Waals surface area contributed by atoms with Gasteiger partial charge in [0.2, 0.25) is 0 Å². The first-order valence-electron chi connectivity index (χ1n) is 6.28. The molecule has 0 spiro atoms. The Morgan fingerprint density at radius 3 is 2.85 bits per heavy atom. The lowest BCUT2D eigenvalue weighted by molar-refractivity contribution is 0.305. The normalized spacial score (nSPS) is 10.1. The SMILES string of the molecule is CNCc1cccc(OCc2cc(F)ccc2C#N)c1. The molecule has 4 heteroatoms. The topological polar surface area (TPSA) is 45.0 Å². The van der Waals surface area contributed by atoms with E-state index in [0.717, 1.165) is 12.1 Å². The van der Waals surface area contributed by atoms with Crippen LogP contribution in [-0.4, -0.2) is 7.05 Å². The summed E-state index contributed by atoms with van der Waals surface area (Å²) in [5.74, 6) is 0.331. The second-order valence-corrected chi connectivity index (χ2v) is 4.38. The third-order valence-electron chi connectivity index (χ3n) is 2.86. The van der Waals surface area contributed by atoms with Gasteiger partial charge in [0.1, 0.15) is 18.2 Å². The first-order chi connectivity index (χ1) is 9.72. The molecule has 0 fully saturated rings.